The molecule has 1 heterocycles. The molecule has 102 valence electrons. The molecule has 1 aromatic rings. The lowest BCUT2D eigenvalue weighted by Gasteiger charge is -2.35. The van der Waals surface area contributed by atoms with Gasteiger partial charge in [-0.15, -0.1) is 0 Å². The van der Waals surface area contributed by atoms with Crippen molar-refractivity contribution in [3.05, 3.63) is 29.2 Å². The van der Waals surface area contributed by atoms with Gasteiger partial charge in [0.2, 0.25) is 11.9 Å². The first-order valence-corrected chi connectivity index (χ1v) is 8.98. The van der Waals surface area contributed by atoms with Gasteiger partial charge in [-0.2, -0.15) is 4.73 Å². The minimum Gasteiger partial charge on any atom is -0.618 e. The molecule has 0 fully saturated rings. The van der Waals surface area contributed by atoms with E-state index >= 15 is 0 Å². The third-order valence-corrected chi connectivity index (χ3v) is 8.07. The van der Waals surface area contributed by atoms with Crippen LogP contribution in [0.1, 0.15) is 26.5 Å². The molecule has 0 saturated carbocycles. The zero-order valence-electron chi connectivity index (χ0n) is 12.1. The second kappa shape index (κ2) is 5.28. The third kappa shape index (κ3) is 3.46. The van der Waals surface area contributed by atoms with Gasteiger partial charge in [-0.05, 0) is 24.2 Å². The highest BCUT2D eigenvalue weighted by Crippen LogP contribution is 2.36. The van der Waals surface area contributed by atoms with Crippen LogP contribution in [0.2, 0.25) is 18.1 Å². The first kappa shape index (κ1) is 15.0. The predicted molar refractivity (Wildman–Crippen MR) is 73.9 cm³/mol. The normalized spacial score (nSPS) is 12.6. The van der Waals surface area contributed by atoms with Gasteiger partial charge in [0.15, 0.2) is 14.1 Å². The molecule has 0 aliphatic rings. The van der Waals surface area contributed by atoms with Crippen LogP contribution >= 0.6 is 0 Å². The van der Waals surface area contributed by atoms with E-state index in [0.717, 1.165) is 4.73 Å². The average Bonchev–Trinajstić information content (AvgIpc) is 2.25. The molecule has 5 heteroatoms. The van der Waals surface area contributed by atoms with Crippen LogP contribution in [0.4, 0.5) is 0 Å². The molecular formula is C13H23NO3Si. The van der Waals surface area contributed by atoms with Crippen molar-refractivity contribution >= 4 is 8.32 Å². The van der Waals surface area contributed by atoms with Crippen LogP contribution < -0.4 is 9.47 Å². The molecule has 0 bridgehead atoms. The lowest BCUT2D eigenvalue weighted by Crippen LogP contribution is -2.42. The fourth-order valence-corrected chi connectivity index (χ4v) is 2.14. The fraction of sp³-hybridized carbons (Fsp3) is 0.615. The summed E-state index contributed by atoms with van der Waals surface area (Å²) in [4.78, 5) is 0. The van der Waals surface area contributed by atoms with Crippen LogP contribution in [0.3, 0.4) is 0 Å². The fourth-order valence-electron chi connectivity index (χ4n) is 1.20. The Hall–Kier alpha value is -1.07. The van der Waals surface area contributed by atoms with Crippen LogP contribution in [0.25, 0.3) is 0 Å². The van der Waals surface area contributed by atoms with Crippen molar-refractivity contribution in [1.82, 2.24) is 0 Å². The number of ether oxygens (including phenoxy) is 1. The topological polar surface area (TPSA) is 45.4 Å². The molecule has 0 aliphatic carbocycles. The van der Waals surface area contributed by atoms with Crippen LogP contribution in [0, 0.1) is 5.21 Å². The molecule has 0 aliphatic heterocycles. The third-order valence-electron chi connectivity index (χ3n) is 3.59. The maximum absolute atomic E-state index is 11.7. The van der Waals surface area contributed by atoms with E-state index in [1.807, 2.05) is 0 Å². The van der Waals surface area contributed by atoms with Crippen molar-refractivity contribution in [1.29, 1.82) is 0 Å². The van der Waals surface area contributed by atoms with Crippen LogP contribution in [0.5, 0.6) is 5.75 Å². The zero-order chi connectivity index (χ0) is 14.0. The second-order valence-electron chi connectivity index (χ2n) is 5.94. The van der Waals surface area contributed by atoms with Crippen molar-refractivity contribution in [2.24, 2.45) is 0 Å². The van der Waals surface area contributed by atoms with Gasteiger partial charge in [0.1, 0.15) is 6.61 Å². The Morgan fingerprint density at radius 1 is 1.28 bits per heavy atom. The van der Waals surface area contributed by atoms with Gasteiger partial charge in [0.25, 0.3) is 0 Å². The van der Waals surface area contributed by atoms with Gasteiger partial charge < -0.3 is 14.4 Å². The van der Waals surface area contributed by atoms with Gasteiger partial charge in [-0.25, -0.2) is 0 Å². The van der Waals surface area contributed by atoms with Gasteiger partial charge in [0.05, 0.1) is 7.11 Å². The summed E-state index contributed by atoms with van der Waals surface area (Å²) in [6, 6.07) is 3.53. The molecule has 0 amide bonds. The Morgan fingerprint density at radius 3 is 2.33 bits per heavy atom. The summed E-state index contributed by atoms with van der Waals surface area (Å²) in [5, 5.41) is 11.9. The molecule has 0 N–H and O–H groups in total. The predicted octanol–water partition coefficient (Wildman–Crippen LogP) is 2.85. The second-order valence-corrected chi connectivity index (χ2v) is 10.7. The van der Waals surface area contributed by atoms with Gasteiger partial charge in [-0.1, -0.05) is 20.8 Å². The van der Waals surface area contributed by atoms with E-state index in [2.05, 4.69) is 33.9 Å². The number of rotatable bonds is 4. The quantitative estimate of drug-likeness (QED) is 0.479. The first-order chi connectivity index (χ1) is 8.17. The Labute approximate surface area is 110 Å². The van der Waals surface area contributed by atoms with Crippen molar-refractivity contribution in [3.8, 4) is 5.75 Å². The standard InChI is InChI=1S/C13H23NO3Si/c1-13(2,3)18(5,6)17-10-11-7-8-12(16-4)9-14(11)15/h7-9H,10H2,1-6H3. The van der Waals surface area contributed by atoms with E-state index in [1.165, 1.54) is 6.20 Å². The van der Waals surface area contributed by atoms with Gasteiger partial charge in [-0.3, -0.25) is 0 Å². The van der Waals surface area contributed by atoms with E-state index in [1.54, 1.807) is 19.2 Å². The number of methoxy groups -OCH3 is 1. The highest BCUT2D eigenvalue weighted by molar-refractivity contribution is 6.74. The van der Waals surface area contributed by atoms with Crippen molar-refractivity contribution in [3.63, 3.8) is 0 Å². The van der Waals surface area contributed by atoms with Gasteiger partial charge in [0, 0.05) is 6.07 Å². The van der Waals surface area contributed by atoms with E-state index in [-0.39, 0.29) is 5.04 Å². The summed E-state index contributed by atoms with van der Waals surface area (Å²) in [5.41, 5.74) is 0.612. The molecule has 0 radical (unpaired) electrons. The summed E-state index contributed by atoms with van der Waals surface area (Å²) < 4.78 is 11.8. The minimum atomic E-state index is -1.82. The van der Waals surface area contributed by atoms with Crippen molar-refractivity contribution < 1.29 is 13.9 Å². The number of pyridine rings is 1. The number of hydrogen-bond acceptors (Lipinski definition) is 3. The Balaban J connectivity index is 2.75. The highest BCUT2D eigenvalue weighted by Gasteiger charge is 2.37. The largest absolute Gasteiger partial charge is 0.618 e. The van der Waals surface area contributed by atoms with Crippen LogP contribution in [0.15, 0.2) is 18.3 Å². The smallest absolute Gasteiger partial charge is 0.222 e. The SMILES string of the molecule is COc1ccc(CO[Si](C)(C)C(C)(C)C)[n+]([O-])c1. The number of nitrogens with zero attached hydrogens (tertiary/aromatic N) is 1. The molecule has 4 nitrogen and oxygen atoms in total. The highest BCUT2D eigenvalue weighted by atomic mass is 28.4. The molecule has 0 unspecified atom stereocenters. The molecule has 0 saturated heterocycles. The number of hydrogen-bond donors (Lipinski definition) is 0. The summed E-state index contributed by atoms with van der Waals surface area (Å²) in [5.74, 6) is 0.557. The van der Waals surface area contributed by atoms with Crippen LogP contribution in [-0.2, 0) is 11.0 Å². The Bertz CT molecular complexity index is 413. The lowest BCUT2D eigenvalue weighted by molar-refractivity contribution is -0.616. The summed E-state index contributed by atoms with van der Waals surface area (Å²) in [6.45, 7) is 11.2. The molecular weight excluding hydrogens is 246 g/mol. The monoisotopic (exact) mass is 269 g/mol. The summed E-state index contributed by atoms with van der Waals surface area (Å²) >= 11 is 0. The van der Waals surface area contributed by atoms with Gasteiger partial charge >= 0.3 is 0 Å². The molecule has 1 rings (SSSR count). The Kier molecular flexibility index (Phi) is 4.40. The van der Waals surface area contributed by atoms with Crippen LogP contribution in [-0.4, -0.2) is 15.4 Å². The Morgan fingerprint density at radius 2 is 1.89 bits per heavy atom. The average molecular weight is 269 g/mol. The molecule has 1 aromatic heterocycles. The maximum Gasteiger partial charge on any atom is 0.222 e. The molecule has 18 heavy (non-hydrogen) atoms. The van der Waals surface area contributed by atoms with Crippen molar-refractivity contribution in [2.45, 2.75) is 45.5 Å². The first-order valence-electron chi connectivity index (χ1n) is 6.07. The lowest BCUT2D eigenvalue weighted by atomic mass is 10.2. The van der Waals surface area contributed by atoms with E-state index in [4.69, 9.17) is 9.16 Å². The molecule has 0 aromatic carbocycles. The summed E-state index contributed by atoms with van der Waals surface area (Å²) in [7, 11) is -0.273. The van der Waals surface area contributed by atoms with E-state index in [9.17, 15) is 5.21 Å². The van der Waals surface area contributed by atoms with E-state index < -0.39 is 8.32 Å². The summed E-state index contributed by atoms with van der Waals surface area (Å²) in [6.07, 6.45) is 1.42. The maximum atomic E-state index is 11.7. The zero-order valence-corrected chi connectivity index (χ0v) is 13.1. The number of aromatic nitrogens is 1. The minimum absolute atomic E-state index is 0.146. The molecule has 0 spiro atoms. The molecule has 0 atom stereocenters. The van der Waals surface area contributed by atoms with Crippen molar-refractivity contribution in [2.75, 3.05) is 7.11 Å². The van der Waals surface area contributed by atoms with E-state index in [0.29, 0.717) is 18.1 Å².